The van der Waals surface area contributed by atoms with Gasteiger partial charge in [0.2, 0.25) is 0 Å². The predicted octanol–water partition coefficient (Wildman–Crippen LogP) is 7.31. The Hall–Kier alpha value is -4.52. The number of nitrogens with zero attached hydrogens (tertiary/aromatic N) is 2. The molecule has 0 radical (unpaired) electrons. The monoisotopic (exact) mass is 644 g/mol. The third-order valence-corrected chi connectivity index (χ3v) is 10.0. The Morgan fingerprint density at radius 3 is 2.48 bits per heavy atom. The fourth-order valence-electron chi connectivity index (χ4n) is 4.39. The van der Waals surface area contributed by atoms with Crippen LogP contribution in [0.3, 0.4) is 0 Å². The van der Waals surface area contributed by atoms with Gasteiger partial charge in [-0.1, -0.05) is 42.5 Å². The normalized spacial score (nSPS) is 11.3. The Balaban J connectivity index is 1.24. The Labute approximate surface area is 263 Å². The number of rotatable bonds is 13. The fraction of sp³-hybridized carbons (Fsp3) is 0.125. The number of nitrogens with one attached hydrogen (secondary N) is 2. The van der Waals surface area contributed by atoms with Crippen molar-refractivity contribution in [2.24, 2.45) is 0 Å². The van der Waals surface area contributed by atoms with Crippen LogP contribution >= 0.6 is 23.1 Å². The van der Waals surface area contributed by atoms with E-state index >= 15 is 0 Å². The van der Waals surface area contributed by atoms with Gasteiger partial charge in [0.1, 0.15) is 5.69 Å². The molecular weight excluding hydrogens is 617 g/mol. The van der Waals surface area contributed by atoms with Gasteiger partial charge in [-0.05, 0) is 66.1 Å². The number of nitro groups is 1. The van der Waals surface area contributed by atoms with E-state index in [0.29, 0.717) is 12.3 Å². The first-order valence-corrected chi connectivity index (χ1v) is 16.9. The molecule has 0 saturated heterocycles. The highest BCUT2D eigenvalue weighted by Gasteiger charge is 2.24. The zero-order chi connectivity index (χ0) is 31.1. The molecule has 2 N–H and O–H groups in total. The smallest absolute Gasteiger partial charge is 0.293 e. The maximum atomic E-state index is 13.0. The molecule has 0 spiro atoms. The minimum Gasteiger partial charge on any atom is -0.379 e. The molecule has 0 unspecified atom stereocenters. The van der Waals surface area contributed by atoms with Crippen LogP contribution in [0.25, 0.3) is 21.3 Å². The van der Waals surface area contributed by atoms with Crippen molar-refractivity contribution in [3.63, 3.8) is 0 Å². The number of sulfonamides is 1. The van der Waals surface area contributed by atoms with Gasteiger partial charge in [0.25, 0.3) is 21.6 Å². The topological polar surface area (TPSA) is 131 Å². The number of fused-ring (bicyclic) bond motifs is 1. The zero-order valence-corrected chi connectivity index (χ0v) is 25.9. The number of hydrogen-bond acceptors (Lipinski definition) is 9. The van der Waals surface area contributed by atoms with Crippen LogP contribution in [-0.2, 0) is 16.4 Å². The van der Waals surface area contributed by atoms with Crippen LogP contribution in [0.4, 0.5) is 11.4 Å². The highest BCUT2D eigenvalue weighted by molar-refractivity contribution is 7.99. The van der Waals surface area contributed by atoms with Gasteiger partial charge in [0.05, 0.1) is 25.0 Å². The maximum absolute atomic E-state index is 13.0. The van der Waals surface area contributed by atoms with E-state index in [2.05, 4.69) is 11.9 Å². The molecule has 1 amide bonds. The molecule has 5 aromatic rings. The number of anilines is 1. The van der Waals surface area contributed by atoms with Crippen LogP contribution in [0.1, 0.15) is 21.8 Å². The Morgan fingerprint density at radius 1 is 1.00 bits per heavy atom. The number of thioether (sulfide) groups is 1. The van der Waals surface area contributed by atoms with Gasteiger partial charge in [-0.2, -0.15) is 0 Å². The summed E-state index contributed by atoms with van der Waals surface area (Å²) in [4.78, 5) is 29.3. The highest BCUT2D eigenvalue weighted by atomic mass is 32.2. The number of benzene rings is 4. The third kappa shape index (κ3) is 7.51. The summed E-state index contributed by atoms with van der Waals surface area (Å²) in [6.07, 6.45) is 3.57. The summed E-state index contributed by atoms with van der Waals surface area (Å²) in [6, 6.07) is 25.7. The number of aryl methyl sites for hydroxylation is 1. The van der Waals surface area contributed by atoms with E-state index in [1.165, 1.54) is 24.3 Å². The summed E-state index contributed by atoms with van der Waals surface area (Å²) >= 11 is 3.24. The van der Waals surface area contributed by atoms with Crippen LogP contribution in [-0.4, -0.2) is 36.5 Å². The highest BCUT2D eigenvalue weighted by Crippen LogP contribution is 2.30. The van der Waals surface area contributed by atoms with E-state index in [1.54, 1.807) is 35.2 Å². The lowest BCUT2D eigenvalue weighted by Crippen LogP contribution is -2.30. The van der Waals surface area contributed by atoms with Crippen LogP contribution in [0, 0.1) is 10.1 Å². The summed E-state index contributed by atoms with van der Waals surface area (Å²) in [5.74, 6) is -0.201. The SMILES string of the molecule is C=CCCc1nc2cc(-c3ccc(C(=O)NS(=O)(=O)c4ccc(NCCSc5ccccc5)c([N+](=O)[O-])c4)cc3)ccc2s1. The van der Waals surface area contributed by atoms with E-state index in [-0.39, 0.29) is 16.1 Å². The second kappa shape index (κ2) is 13.8. The maximum Gasteiger partial charge on any atom is 0.293 e. The second-order valence-corrected chi connectivity index (χ2v) is 13.6. The van der Waals surface area contributed by atoms with Gasteiger partial charge in [0.15, 0.2) is 0 Å². The third-order valence-electron chi connectivity index (χ3n) is 6.61. The number of hydrogen-bond donors (Lipinski definition) is 2. The molecule has 1 heterocycles. The largest absolute Gasteiger partial charge is 0.379 e. The van der Waals surface area contributed by atoms with Crippen molar-refractivity contribution >= 4 is 60.6 Å². The molecule has 4 aromatic carbocycles. The number of carbonyl (C=O) groups excluding carboxylic acids is 1. The van der Waals surface area contributed by atoms with Crippen LogP contribution < -0.4 is 10.0 Å². The molecule has 44 heavy (non-hydrogen) atoms. The van der Waals surface area contributed by atoms with Crippen molar-refractivity contribution in [3.8, 4) is 11.1 Å². The molecule has 224 valence electrons. The van der Waals surface area contributed by atoms with Crippen LogP contribution in [0.2, 0.25) is 0 Å². The molecule has 0 saturated carbocycles. The summed E-state index contributed by atoms with van der Waals surface area (Å²) in [7, 11) is -4.38. The molecule has 0 aliphatic rings. The summed E-state index contributed by atoms with van der Waals surface area (Å²) in [6.45, 7) is 4.18. The molecule has 12 heteroatoms. The molecule has 1 aromatic heterocycles. The zero-order valence-electron chi connectivity index (χ0n) is 23.4. The summed E-state index contributed by atoms with van der Waals surface area (Å²) < 4.78 is 29.1. The van der Waals surface area contributed by atoms with Gasteiger partial charge < -0.3 is 5.32 Å². The van der Waals surface area contributed by atoms with E-state index in [4.69, 9.17) is 4.98 Å². The molecule has 0 atom stereocenters. The number of allylic oxidation sites excluding steroid dienone is 1. The number of aromatic nitrogens is 1. The quantitative estimate of drug-likeness (QED) is 0.0448. The fourth-order valence-corrected chi connectivity index (χ4v) is 7.14. The molecule has 0 aliphatic carbocycles. The second-order valence-electron chi connectivity index (χ2n) is 9.65. The lowest BCUT2D eigenvalue weighted by molar-refractivity contribution is -0.384. The molecule has 5 rings (SSSR count). The first-order chi connectivity index (χ1) is 21.2. The van der Waals surface area contributed by atoms with E-state index in [1.807, 2.05) is 59.3 Å². The van der Waals surface area contributed by atoms with Crippen molar-refractivity contribution < 1.29 is 18.1 Å². The molecule has 0 aliphatic heterocycles. The van der Waals surface area contributed by atoms with Crippen molar-refractivity contribution in [2.75, 3.05) is 17.6 Å². The predicted molar refractivity (Wildman–Crippen MR) is 177 cm³/mol. The van der Waals surface area contributed by atoms with Crippen molar-refractivity contribution in [3.05, 3.63) is 124 Å². The lowest BCUT2D eigenvalue weighted by atomic mass is 10.0. The first-order valence-electron chi connectivity index (χ1n) is 13.6. The first kappa shape index (κ1) is 30.9. The van der Waals surface area contributed by atoms with Crippen LogP contribution in [0.5, 0.6) is 0 Å². The van der Waals surface area contributed by atoms with E-state index in [9.17, 15) is 23.3 Å². The Morgan fingerprint density at radius 2 is 1.75 bits per heavy atom. The van der Waals surface area contributed by atoms with Gasteiger partial charge in [-0.15, -0.1) is 29.7 Å². The molecule has 9 nitrogen and oxygen atoms in total. The standard InChI is InChI=1S/C32H28N4O5S3/c1-2-3-9-31-34-28-20-24(14-17-30(28)43-31)22-10-12-23(13-11-22)32(37)35-44(40,41)26-15-16-27(29(21-26)36(38)39)33-18-19-42-25-7-5-4-6-8-25/h2,4-8,10-17,20-21,33H,1,3,9,18-19H2,(H,35,37). The van der Waals surface area contributed by atoms with Crippen LogP contribution in [0.15, 0.2) is 113 Å². The average Bonchev–Trinajstić information content (AvgIpc) is 3.44. The minimum absolute atomic E-state index is 0.127. The Kier molecular flexibility index (Phi) is 9.73. The average molecular weight is 645 g/mol. The van der Waals surface area contributed by atoms with Gasteiger partial charge in [-0.3, -0.25) is 14.9 Å². The van der Waals surface area contributed by atoms with Gasteiger partial charge in [0, 0.05) is 35.2 Å². The van der Waals surface area contributed by atoms with Crippen molar-refractivity contribution in [1.82, 2.24) is 9.71 Å². The molecule has 0 fully saturated rings. The lowest BCUT2D eigenvalue weighted by Gasteiger charge is -2.11. The Bertz CT molecular complexity index is 1930. The number of nitro benzene ring substituents is 1. The molecule has 0 bridgehead atoms. The number of carbonyl (C=O) groups is 1. The van der Waals surface area contributed by atoms with Crippen molar-refractivity contribution in [2.45, 2.75) is 22.6 Å². The summed E-state index contributed by atoms with van der Waals surface area (Å²) in [5, 5.41) is 15.8. The van der Waals surface area contributed by atoms with E-state index in [0.717, 1.165) is 50.2 Å². The van der Waals surface area contributed by atoms with Gasteiger partial charge >= 0.3 is 0 Å². The van der Waals surface area contributed by atoms with Crippen molar-refractivity contribution in [1.29, 1.82) is 0 Å². The number of thiazole rings is 1. The summed E-state index contributed by atoms with van der Waals surface area (Å²) in [5.41, 5.74) is 2.56. The minimum atomic E-state index is -4.38. The molecular formula is C32H28N4O5S3. The number of amides is 1. The van der Waals surface area contributed by atoms with E-state index < -0.39 is 26.5 Å². The van der Waals surface area contributed by atoms with Gasteiger partial charge in [-0.25, -0.2) is 18.1 Å².